The van der Waals surface area contributed by atoms with Gasteiger partial charge in [0.2, 0.25) is 5.91 Å². The van der Waals surface area contributed by atoms with Crippen molar-refractivity contribution < 1.29 is 4.79 Å². The molecule has 0 radical (unpaired) electrons. The third-order valence-electron chi connectivity index (χ3n) is 2.51. The van der Waals surface area contributed by atoms with Crippen LogP contribution in [0.1, 0.15) is 6.42 Å². The van der Waals surface area contributed by atoms with Gasteiger partial charge in [-0.1, -0.05) is 17.7 Å². The molecule has 0 saturated carbocycles. The number of anilines is 1. The van der Waals surface area contributed by atoms with E-state index >= 15 is 0 Å². The number of aromatic nitrogens is 3. The zero-order valence-electron chi connectivity index (χ0n) is 10.4. The standard InChI is InChI=1S/C12H14ClN5O/c1-14-6-5-11(19)17-10-4-2-3-9(13)12(10)18-8-15-7-16-18/h2-4,7-8,14H,5-6H2,1H3,(H,17,19). The zero-order chi connectivity index (χ0) is 13.7. The second-order valence-electron chi connectivity index (χ2n) is 3.88. The van der Waals surface area contributed by atoms with E-state index < -0.39 is 0 Å². The van der Waals surface area contributed by atoms with Crippen LogP contribution >= 0.6 is 11.6 Å². The first-order valence-corrected chi connectivity index (χ1v) is 6.18. The van der Waals surface area contributed by atoms with E-state index in [4.69, 9.17) is 11.6 Å². The summed E-state index contributed by atoms with van der Waals surface area (Å²) in [6, 6.07) is 5.29. The maximum absolute atomic E-state index is 11.8. The highest BCUT2D eigenvalue weighted by Gasteiger charge is 2.12. The van der Waals surface area contributed by atoms with Gasteiger partial charge in [0.05, 0.1) is 10.7 Å². The first-order chi connectivity index (χ1) is 9.22. The Morgan fingerprint density at radius 1 is 1.47 bits per heavy atom. The summed E-state index contributed by atoms with van der Waals surface area (Å²) in [7, 11) is 1.80. The van der Waals surface area contributed by atoms with E-state index in [-0.39, 0.29) is 5.91 Å². The summed E-state index contributed by atoms with van der Waals surface area (Å²) in [6.07, 6.45) is 3.33. The van der Waals surface area contributed by atoms with Crippen molar-refractivity contribution in [1.82, 2.24) is 20.1 Å². The molecular formula is C12H14ClN5O. The Kier molecular flexibility index (Phi) is 4.48. The van der Waals surface area contributed by atoms with Crippen LogP contribution in [0, 0.1) is 0 Å². The van der Waals surface area contributed by atoms with E-state index in [1.807, 2.05) is 0 Å². The Bertz CT molecular complexity index is 555. The van der Waals surface area contributed by atoms with E-state index in [1.165, 1.54) is 17.3 Å². The summed E-state index contributed by atoms with van der Waals surface area (Å²) >= 11 is 6.16. The summed E-state index contributed by atoms with van der Waals surface area (Å²) in [5.41, 5.74) is 1.22. The first-order valence-electron chi connectivity index (χ1n) is 5.80. The van der Waals surface area contributed by atoms with Crippen LogP contribution in [0.5, 0.6) is 0 Å². The lowest BCUT2D eigenvalue weighted by Crippen LogP contribution is -2.19. The molecule has 1 amide bonds. The molecule has 0 saturated heterocycles. The number of benzene rings is 1. The number of hydrogen-bond acceptors (Lipinski definition) is 4. The van der Waals surface area contributed by atoms with Crippen LogP contribution in [0.4, 0.5) is 5.69 Å². The van der Waals surface area contributed by atoms with Crippen molar-refractivity contribution in [3.05, 3.63) is 35.9 Å². The van der Waals surface area contributed by atoms with E-state index in [0.717, 1.165) is 0 Å². The van der Waals surface area contributed by atoms with Crippen LogP contribution in [0.3, 0.4) is 0 Å². The summed E-state index contributed by atoms with van der Waals surface area (Å²) in [6.45, 7) is 0.616. The van der Waals surface area contributed by atoms with Crippen molar-refractivity contribution in [3.63, 3.8) is 0 Å². The third kappa shape index (κ3) is 3.30. The Hall–Kier alpha value is -1.92. The predicted molar refractivity (Wildman–Crippen MR) is 73.5 cm³/mol. The molecule has 0 aliphatic heterocycles. The van der Waals surface area contributed by atoms with Crippen LogP contribution in [0.25, 0.3) is 5.69 Å². The van der Waals surface area contributed by atoms with Gasteiger partial charge < -0.3 is 10.6 Å². The maximum Gasteiger partial charge on any atom is 0.225 e. The lowest BCUT2D eigenvalue weighted by molar-refractivity contribution is -0.116. The molecule has 1 aromatic carbocycles. The predicted octanol–water partition coefficient (Wildman–Crippen LogP) is 1.47. The van der Waals surface area contributed by atoms with Gasteiger partial charge in [0, 0.05) is 13.0 Å². The van der Waals surface area contributed by atoms with Gasteiger partial charge >= 0.3 is 0 Å². The molecule has 1 heterocycles. The molecular weight excluding hydrogens is 266 g/mol. The van der Waals surface area contributed by atoms with Crippen molar-refractivity contribution in [2.45, 2.75) is 6.42 Å². The number of amides is 1. The Labute approximate surface area is 115 Å². The fourth-order valence-electron chi connectivity index (χ4n) is 1.62. The van der Waals surface area contributed by atoms with Gasteiger partial charge in [-0.2, -0.15) is 5.10 Å². The molecule has 19 heavy (non-hydrogen) atoms. The minimum absolute atomic E-state index is 0.0852. The quantitative estimate of drug-likeness (QED) is 0.869. The summed E-state index contributed by atoms with van der Waals surface area (Å²) in [4.78, 5) is 15.6. The van der Waals surface area contributed by atoms with E-state index in [2.05, 4.69) is 20.7 Å². The smallest absolute Gasteiger partial charge is 0.225 e. The van der Waals surface area contributed by atoms with Crippen LogP contribution in [-0.4, -0.2) is 34.3 Å². The Morgan fingerprint density at radius 2 is 2.32 bits per heavy atom. The third-order valence-corrected chi connectivity index (χ3v) is 2.82. The fourth-order valence-corrected chi connectivity index (χ4v) is 1.89. The van der Waals surface area contributed by atoms with Gasteiger partial charge in [-0.15, -0.1) is 0 Å². The largest absolute Gasteiger partial charge is 0.324 e. The second kappa shape index (κ2) is 6.31. The first kappa shape index (κ1) is 13.5. The van der Waals surface area contributed by atoms with Gasteiger partial charge in [0.25, 0.3) is 0 Å². The molecule has 0 atom stereocenters. The van der Waals surface area contributed by atoms with Gasteiger partial charge in [0.1, 0.15) is 18.3 Å². The number of rotatable bonds is 5. The molecule has 0 fully saturated rings. The summed E-state index contributed by atoms with van der Waals surface area (Å²) < 4.78 is 1.52. The highest BCUT2D eigenvalue weighted by Crippen LogP contribution is 2.27. The molecule has 7 heteroatoms. The van der Waals surface area contributed by atoms with E-state index in [9.17, 15) is 4.79 Å². The molecule has 0 unspecified atom stereocenters. The van der Waals surface area contributed by atoms with Crippen LogP contribution in [-0.2, 0) is 4.79 Å². The number of nitrogens with zero attached hydrogens (tertiary/aromatic N) is 3. The average molecular weight is 280 g/mol. The van der Waals surface area contributed by atoms with Crippen molar-refractivity contribution in [1.29, 1.82) is 0 Å². The maximum atomic E-state index is 11.8. The number of para-hydroxylation sites is 1. The fraction of sp³-hybridized carbons (Fsp3) is 0.250. The molecule has 6 nitrogen and oxygen atoms in total. The Morgan fingerprint density at radius 3 is 3.00 bits per heavy atom. The van der Waals surface area contributed by atoms with E-state index in [0.29, 0.717) is 29.4 Å². The van der Waals surface area contributed by atoms with Crippen LogP contribution in [0.2, 0.25) is 5.02 Å². The number of carbonyl (C=O) groups is 1. The molecule has 0 bridgehead atoms. The molecule has 2 N–H and O–H groups in total. The summed E-state index contributed by atoms with van der Waals surface area (Å²) in [5.74, 6) is -0.0852. The number of nitrogens with one attached hydrogen (secondary N) is 2. The lowest BCUT2D eigenvalue weighted by Gasteiger charge is -2.12. The minimum atomic E-state index is -0.0852. The van der Waals surface area contributed by atoms with Crippen molar-refractivity contribution in [2.24, 2.45) is 0 Å². The normalized spacial score (nSPS) is 10.4. The molecule has 100 valence electrons. The molecule has 0 aliphatic carbocycles. The average Bonchev–Trinajstić information content (AvgIpc) is 2.90. The highest BCUT2D eigenvalue weighted by molar-refractivity contribution is 6.33. The van der Waals surface area contributed by atoms with Crippen LogP contribution in [0.15, 0.2) is 30.9 Å². The minimum Gasteiger partial charge on any atom is -0.324 e. The van der Waals surface area contributed by atoms with Crippen molar-refractivity contribution in [2.75, 3.05) is 18.9 Å². The van der Waals surface area contributed by atoms with Gasteiger partial charge in [0.15, 0.2) is 0 Å². The number of hydrogen-bond donors (Lipinski definition) is 2. The summed E-state index contributed by atoms with van der Waals surface area (Å²) in [5, 5.41) is 10.3. The van der Waals surface area contributed by atoms with E-state index in [1.54, 1.807) is 25.2 Å². The topological polar surface area (TPSA) is 71.8 Å². The van der Waals surface area contributed by atoms with Gasteiger partial charge in [-0.3, -0.25) is 4.79 Å². The highest BCUT2D eigenvalue weighted by atomic mass is 35.5. The number of carbonyl (C=O) groups excluding carboxylic acids is 1. The van der Waals surface area contributed by atoms with Crippen LogP contribution < -0.4 is 10.6 Å². The SMILES string of the molecule is CNCCC(=O)Nc1cccc(Cl)c1-n1cncn1. The molecule has 1 aromatic heterocycles. The zero-order valence-corrected chi connectivity index (χ0v) is 11.2. The Balaban J connectivity index is 2.26. The van der Waals surface area contributed by atoms with Gasteiger partial charge in [-0.05, 0) is 19.2 Å². The molecule has 2 aromatic rings. The second-order valence-corrected chi connectivity index (χ2v) is 4.28. The van der Waals surface area contributed by atoms with Gasteiger partial charge in [-0.25, -0.2) is 9.67 Å². The molecule has 0 aliphatic rings. The molecule has 0 spiro atoms. The van der Waals surface area contributed by atoms with Crippen molar-refractivity contribution in [3.8, 4) is 5.69 Å². The number of halogens is 1. The lowest BCUT2D eigenvalue weighted by atomic mass is 10.2. The monoisotopic (exact) mass is 279 g/mol. The van der Waals surface area contributed by atoms with Crippen molar-refractivity contribution >= 4 is 23.2 Å². The molecule has 2 rings (SSSR count).